The Kier molecular flexibility index (Phi) is 6.38. The summed E-state index contributed by atoms with van der Waals surface area (Å²) in [7, 11) is 0. The highest BCUT2D eigenvalue weighted by molar-refractivity contribution is 6.35. The summed E-state index contributed by atoms with van der Waals surface area (Å²) in [6, 6.07) is 9.24. The van der Waals surface area contributed by atoms with E-state index in [1.54, 1.807) is 18.3 Å². The third-order valence-electron chi connectivity index (χ3n) is 4.82. The molecule has 1 aliphatic heterocycles. The van der Waals surface area contributed by atoms with Gasteiger partial charge in [-0.15, -0.1) is 0 Å². The van der Waals surface area contributed by atoms with Gasteiger partial charge in [0.15, 0.2) is 0 Å². The molecule has 0 unspecified atom stereocenters. The fourth-order valence-electron chi connectivity index (χ4n) is 3.13. The number of carbonyl (C=O) groups is 1. The predicted octanol–water partition coefficient (Wildman–Crippen LogP) is 4.60. The molecule has 1 amide bonds. The van der Waals surface area contributed by atoms with Gasteiger partial charge in [-0.1, -0.05) is 36.2 Å². The van der Waals surface area contributed by atoms with Gasteiger partial charge in [0.25, 0.3) is 5.91 Å². The summed E-state index contributed by atoms with van der Waals surface area (Å²) in [5.41, 5.74) is 2.47. The second kappa shape index (κ2) is 8.74. The molecule has 3 rings (SSSR count). The number of amides is 1. The third kappa shape index (κ3) is 4.89. The van der Waals surface area contributed by atoms with E-state index in [0.29, 0.717) is 28.7 Å². The van der Waals surface area contributed by atoms with E-state index in [4.69, 9.17) is 23.2 Å². The maximum atomic E-state index is 12.4. The van der Waals surface area contributed by atoms with Gasteiger partial charge in [-0.3, -0.25) is 9.78 Å². The third-order valence-corrected chi connectivity index (χ3v) is 5.41. The molecule has 2 aromatic rings. The normalized spacial score (nSPS) is 15.1. The van der Waals surface area contributed by atoms with Crippen LogP contribution in [0.15, 0.2) is 36.5 Å². The van der Waals surface area contributed by atoms with Crippen LogP contribution in [0.3, 0.4) is 0 Å². The van der Waals surface area contributed by atoms with Crippen molar-refractivity contribution in [2.24, 2.45) is 5.92 Å². The quantitative estimate of drug-likeness (QED) is 0.809. The van der Waals surface area contributed by atoms with E-state index in [9.17, 15) is 4.79 Å². The van der Waals surface area contributed by atoms with Crippen molar-refractivity contribution in [2.75, 3.05) is 24.5 Å². The van der Waals surface area contributed by atoms with Crippen LogP contribution in [-0.2, 0) is 6.42 Å². The minimum atomic E-state index is -0.165. The molecule has 0 aliphatic carbocycles. The summed E-state index contributed by atoms with van der Waals surface area (Å²) in [6.45, 7) is 4.84. The lowest BCUT2D eigenvalue weighted by Gasteiger charge is -2.32. The van der Waals surface area contributed by atoms with Gasteiger partial charge < -0.3 is 10.2 Å². The predicted molar refractivity (Wildman–Crippen MR) is 107 cm³/mol. The molecule has 1 saturated heterocycles. The number of hydrogen-bond acceptors (Lipinski definition) is 3. The highest BCUT2D eigenvalue weighted by atomic mass is 35.5. The summed E-state index contributed by atoms with van der Waals surface area (Å²) in [5.74, 6) is 0.609. The highest BCUT2D eigenvalue weighted by Gasteiger charge is 2.17. The number of nitrogens with zero attached hydrogens (tertiary/aromatic N) is 2. The minimum Gasteiger partial charge on any atom is -0.371 e. The van der Waals surface area contributed by atoms with Gasteiger partial charge in [-0.25, -0.2) is 0 Å². The molecule has 6 heteroatoms. The Morgan fingerprint density at radius 1 is 1.23 bits per heavy atom. The summed E-state index contributed by atoms with van der Waals surface area (Å²) in [6.07, 6.45) is 4.72. The van der Waals surface area contributed by atoms with Crippen molar-refractivity contribution >= 4 is 34.8 Å². The molecule has 0 atom stereocenters. The molecule has 0 bridgehead atoms. The molecular formula is C20H23Cl2N3O. The first kappa shape index (κ1) is 19.0. The Morgan fingerprint density at radius 2 is 2.00 bits per heavy atom. The first-order valence-corrected chi connectivity index (χ1v) is 9.71. The lowest BCUT2D eigenvalue weighted by Crippen LogP contribution is -2.33. The van der Waals surface area contributed by atoms with Crippen molar-refractivity contribution in [2.45, 2.75) is 26.2 Å². The van der Waals surface area contributed by atoms with E-state index in [2.05, 4.69) is 22.1 Å². The summed E-state index contributed by atoms with van der Waals surface area (Å²) < 4.78 is 0. The molecule has 1 aromatic carbocycles. The number of benzene rings is 1. The SMILES string of the molecule is CC1CCN(c2ccnc(C(=O)NCCc3ccc(Cl)cc3Cl)c2)CC1. The first-order valence-electron chi connectivity index (χ1n) is 8.96. The van der Waals surface area contributed by atoms with E-state index in [0.717, 1.165) is 30.3 Å². The molecule has 0 radical (unpaired) electrons. The number of carbonyl (C=O) groups excluding carboxylic acids is 1. The average Bonchev–Trinajstić information content (AvgIpc) is 2.64. The molecule has 138 valence electrons. The van der Waals surface area contributed by atoms with E-state index >= 15 is 0 Å². The summed E-state index contributed by atoms with van der Waals surface area (Å²) >= 11 is 12.1. The Balaban J connectivity index is 1.57. The Morgan fingerprint density at radius 3 is 2.73 bits per heavy atom. The van der Waals surface area contributed by atoms with Gasteiger partial charge >= 0.3 is 0 Å². The van der Waals surface area contributed by atoms with Gasteiger partial charge in [-0.05, 0) is 55.0 Å². The molecule has 0 spiro atoms. The molecule has 4 nitrogen and oxygen atoms in total. The lowest BCUT2D eigenvalue weighted by molar-refractivity contribution is 0.0949. The maximum absolute atomic E-state index is 12.4. The monoisotopic (exact) mass is 391 g/mol. The fraction of sp³-hybridized carbons (Fsp3) is 0.400. The Hall–Kier alpha value is -1.78. The van der Waals surface area contributed by atoms with Crippen molar-refractivity contribution in [3.8, 4) is 0 Å². The molecule has 2 heterocycles. The largest absolute Gasteiger partial charge is 0.371 e. The number of pyridine rings is 1. The minimum absolute atomic E-state index is 0.165. The van der Waals surface area contributed by atoms with Gasteiger partial charge in [0.2, 0.25) is 0 Å². The smallest absolute Gasteiger partial charge is 0.269 e. The second-order valence-electron chi connectivity index (χ2n) is 6.81. The standard InChI is InChI=1S/C20H23Cl2N3O/c1-14-6-10-25(11-7-14)17-5-9-23-19(13-17)20(26)24-8-4-15-2-3-16(21)12-18(15)22/h2-3,5,9,12-14H,4,6-8,10-11H2,1H3,(H,24,26). The van der Waals surface area contributed by atoms with Gasteiger partial charge in [0, 0.05) is 41.6 Å². The molecule has 1 aliphatic rings. The Bertz CT molecular complexity index is 773. The van der Waals surface area contributed by atoms with Crippen LogP contribution in [0.25, 0.3) is 0 Å². The summed E-state index contributed by atoms with van der Waals surface area (Å²) in [5, 5.41) is 4.14. The maximum Gasteiger partial charge on any atom is 0.269 e. The fourth-order valence-corrected chi connectivity index (χ4v) is 3.64. The van der Waals surface area contributed by atoms with Crippen molar-refractivity contribution in [1.82, 2.24) is 10.3 Å². The molecule has 26 heavy (non-hydrogen) atoms. The number of halogens is 2. The van der Waals surface area contributed by atoms with Gasteiger partial charge in [0.1, 0.15) is 5.69 Å². The van der Waals surface area contributed by atoms with E-state index < -0.39 is 0 Å². The van der Waals surface area contributed by atoms with Crippen LogP contribution >= 0.6 is 23.2 Å². The van der Waals surface area contributed by atoms with Gasteiger partial charge in [-0.2, -0.15) is 0 Å². The summed E-state index contributed by atoms with van der Waals surface area (Å²) in [4.78, 5) is 19.0. The first-order chi connectivity index (χ1) is 12.5. The number of anilines is 1. The lowest BCUT2D eigenvalue weighted by atomic mass is 9.99. The van der Waals surface area contributed by atoms with Crippen molar-refractivity contribution < 1.29 is 4.79 Å². The molecular weight excluding hydrogens is 369 g/mol. The molecule has 1 fully saturated rings. The zero-order valence-corrected chi connectivity index (χ0v) is 16.4. The topological polar surface area (TPSA) is 45.2 Å². The number of rotatable bonds is 5. The van der Waals surface area contributed by atoms with Crippen LogP contribution in [0.4, 0.5) is 5.69 Å². The number of hydrogen-bond donors (Lipinski definition) is 1. The van der Waals surface area contributed by atoms with Crippen LogP contribution in [-0.4, -0.2) is 30.5 Å². The molecule has 0 saturated carbocycles. The molecule has 1 N–H and O–H groups in total. The van der Waals surface area contributed by atoms with E-state index in [-0.39, 0.29) is 5.91 Å². The zero-order chi connectivity index (χ0) is 18.5. The highest BCUT2D eigenvalue weighted by Crippen LogP contribution is 2.23. The van der Waals surface area contributed by atoms with Crippen LogP contribution in [0.1, 0.15) is 35.8 Å². The van der Waals surface area contributed by atoms with Crippen molar-refractivity contribution in [3.05, 3.63) is 57.8 Å². The Labute approximate surface area is 164 Å². The van der Waals surface area contributed by atoms with Crippen molar-refractivity contribution in [3.63, 3.8) is 0 Å². The molecule has 1 aromatic heterocycles. The van der Waals surface area contributed by atoms with E-state index in [1.807, 2.05) is 18.2 Å². The van der Waals surface area contributed by atoms with Crippen LogP contribution in [0, 0.1) is 5.92 Å². The second-order valence-corrected chi connectivity index (χ2v) is 7.65. The zero-order valence-electron chi connectivity index (χ0n) is 14.8. The van der Waals surface area contributed by atoms with Crippen LogP contribution in [0.5, 0.6) is 0 Å². The van der Waals surface area contributed by atoms with Gasteiger partial charge in [0.05, 0.1) is 0 Å². The van der Waals surface area contributed by atoms with E-state index in [1.165, 1.54) is 12.8 Å². The van der Waals surface area contributed by atoms with Crippen molar-refractivity contribution in [1.29, 1.82) is 0 Å². The number of aromatic nitrogens is 1. The number of piperidine rings is 1. The average molecular weight is 392 g/mol. The van der Waals surface area contributed by atoms with Crippen LogP contribution < -0.4 is 10.2 Å². The number of nitrogens with one attached hydrogen (secondary N) is 1. The van der Waals surface area contributed by atoms with Crippen LogP contribution in [0.2, 0.25) is 10.0 Å².